The van der Waals surface area contributed by atoms with Crippen LogP contribution in [0.2, 0.25) is 0 Å². The van der Waals surface area contributed by atoms with Crippen molar-refractivity contribution in [2.75, 3.05) is 5.75 Å². The van der Waals surface area contributed by atoms with Gasteiger partial charge >= 0.3 is 0 Å². The largest absolute Gasteiger partial charge is 0.344 e. The van der Waals surface area contributed by atoms with Crippen molar-refractivity contribution in [2.24, 2.45) is 0 Å². The van der Waals surface area contributed by atoms with Gasteiger partial charge in [0.25, 0.3) is 0 Å². The Hall–Kier alpha value is -0.950. The van der Waals surface area contributed by atoms with Crippen molar-refractivity contribution in [3.8, 4) is 0 Å². The number of amides is 1. The first kappa shape index (κ1) is 17.4. The molecule has 0 saturated heterocycles. The molecule has 1 aliphatic rings. The number of carbonyl (C=O) groups is 1. The highest BCUT2D eigenvalue weighted by molar-refractivity contribution is 7.92. The number of sulfone groups is 1. The molecule has 1 N–H and O–H groups in total. The van der Waals surface area contributed by atoms with E-state index in [1.54, 1.807) is 0 Å². The minimum Gasteiger partial charge on any atom is -0.344 e. The predicted molar refractivity (Wildman–Crippen MR) is 88.8 cm³/mol. The minimum atomic E-state index is -3.35. The number of nitrogens with zero attached hydrogens (tertiary/aromatic N) is 1. The van der Waals surface area contributed by atoms with Crippen LogP contribution in [0.4, 0.5) is 0 Å². The SMILES string of the molecule is Cc1nc(C(C)(C)NC(=O)CS(=O)(=O)C2CCCC2)sc1C. The molecule has 0 spiro atoms. The van der Waals surface area contributed by atoms with Crippen LogP contribution < -0.4 is 5.32 Å². The van der Waals surface area contributed by atoms with E-state index in [0.29, 0.717) is 12.8 Å². The number of aryl methyl sites for hydroxylation is 2. The molecule has 0 bridgehead atoms. The third kappa shape index (κ3) is 3.87. The zero-order chi connectivity index (χ0) is 16.5. The van der Waals surface area contributed by atoms with E-state index in [0.717, 1.165) is 28.4 Å². The van der Waals surface area contributed by atoms with Crippen molar-refractivity contribution < 1.29 is 13.2 Å². The number of hydrogen-bond acceptors (Lipinski definition) is 5. The first-order valence-electron chi connectivity index (χ1n) is 7.59. The molecule has 5 nitrogen and oxygen atoms in total. The van der Waals surface area contributed by atoms with Crippen LogP contribution >= 0.6 is 11.3 Å². The summed E-state index contributed by atoms with van der Waals surface area (Å²) in [5.74, 6) is -0.868. The van der Waals surface area contributed by atoms with Crippen molar-refractivity contribution in [3.05, 3.63) is 15.6 Å². The van der Waals surface area contributed by atoms with Gasteiger partial charge in [0.05, 0.1) is 16.5 Å². The smallest absolute Gasteiger partial charge is 0.235 e. The number of aromatic nitrogens is 1. The Bertz CT molecular complexity index is 637. The van der Waals surface area contributed by atoms with Gasteiger partial charge in [0.2, 0.25) is 5.91 Å². The highest BCUT2D eigenvalue weighted by atomic mass is 32.2. The number of hydrogen-bond donors (Lipinski definition) is 1. The number of thiazole rings is 1. The lowest BCUT2D eigenvalue weighted by molar-refractivity contribution is -0.120. The van der Waals surface area contributed by atoms with E-state index in [2.05, 4.69) is 10.3 Å². The summed E-state index contributed by atoms with van der Waals surface area (Å²) in [5, 5.41) is 3.28. The lowest BCUT2D eigenvalue weighted by Gasteiger charge is -2.24. The summed E-state index contributed by atoms with van der Waals surface area (Å²) in [7, 11) is -3.35. The maximum atomic E-state index is 12.2. The highest BCUT2D eigenvalue weighted by Crippen LogP contribution is 2.28. The lowest BCUT2D eigenvalue weighted by Crippen LogP contribution is -2.44. The van der Waals surface area contributed by atoms with Gasteiger partial charge in [0.15, 0.2) is 9.84 Å². The summed E-state index contributed by atoms with van der Waals surface area (Å²) in [6.07, 6.45) is 3.25. The van der Waals surface area contributed by atoms with E-state index < -0.39 is 27.0 Å². The second kappa shape index (κ2) is 6.28. The van der Waals surface area contributed by atoms with E-state index >= 15 is 0 Å². The molecule has 22 heavy (non-hydrogen) atoms. The number of nitrogens with one attached hydrogen (secondary N) is 1. The zero-order valence-electron chi connectivity index (χ0n) is 13.6. The Morgan fingerprint density at radius 1 is 1.32 bits per heavy atom. The van der Waals surface area contributed by atoms with E-state index in [-0.39, 0.29) is 5.25 Å². The average molecular weight is 345 g/mol. The van der Waals surface area contributed by atoms with Crippen LogP contribution in [0.3, 0.4) is 0 Å². The summed E-state index contributed by atoms with van der Waals surface area (Å²) in [5.41, 5.74) is 0.285. The number of carbonyl (C=O) groups excluding carboxylic acids is 1. The molecule has 1 aromatic rings. The highest BCUT2D eigenvalue weighted by Gasteiger charge is 2.33. The first-order valence-corrected chi connectivity index (χ1v) is 10.1. The molecule has 1 aliphatic carbocycles. The van der Waals surface area contributed by atoms with Crippen molar-refractivity contribution in [3.63, 3.8) is 0 Å². The van der Waals surface area contributed by atoms with Crippen LogP contribution in [0, 0.1) is 13.8 Å². The maximum Gasteiger partial charge on any atom is 0.235 e. The first-order chi connectivity index (χ1) is 10.1. The fourth-order valence-corrected chi connectivity index (χ4v) is 5.42. The van der Waals surface area contributed by atoms with E-state index in [1.165, 1.54) is 11.3 Å². The quantitative estimate of drug-likeness (QED) is 0.890. The molecule has 1 amide bonds. The second-order valence-electron chi connectivity index (χ2n) is 6.55. The fraction of sp³-hybridized carbons (Fsp3) is 0.733. The van der Waals surface area contributed by atoms with Crippen LogP contribution in [0.1, 0.15) is 55.1 Å². The van der Waals surface area contributed by atoms with Gasteiger partial charge in [0, 0.05) is 4.88 Å². The third-order valence-electron chi connectivity index (χ3n) is 4.16. The van der Waals surface area contributed by atoms with Crippen molar-refractivity contribution >= 4 is 27.1 Å². The van der Waals surface area contributed by atoms with E-state index in [9.17, 15) is 13.2 Å². The summed E-state index contributed by atoms with van der Waals surface area (Å²) in [4.78, 5) is 17.8. The van der Waals surface area contributed by atoms with E-state index in [4.69, 9.17) is 0 Å². The summed E-state index contributed by atoms with van der Waals surface area (Å²) in [6.45, 7) is 7.62. The molecular formula is C15H24N2O3S2. The van der Waals surface area contributed by atoms with Crippen LogP contribution in [-0.2, 0) is 20.2 Å². The third-order valence-corrected chi connectivity index (χ3v) is 7.71. The monoisotopic (exact) mass is 344 g/mol. The minimum absolute atomic E-state index is 0.342. The van der Waals surface area contributed by atoms with Gasteiger partial charge in [-0.15, -0.1) is 11.3 Å². The second-order valence-corrected chi connectivity index (χ2v) is 10.0. The van der Waals surface area contributed by atoms with Gasteiger partial charge in [0.1, 0.15) is 10.8 Å². The molecule has 1 saturated carbocycles. The molecule has 2 rings (SSSR count). The van der Waals surface area contributed by atoms with Gasteiger partial charge in [-0.1, -0.05) is 12.8 Å². The fourth-order valence-electron chi connectivity index (χ4n) is 2.73. The Morgan fingerprint density at radius 2 is 1.91 bits per heavy atom. The van der Waals surface area contributed by atoms with Gasteiger partial charge in [-0.2, -0.15) is 0 Å². The molecule has 0 atom stereocenters. The Kier molecular flexibility index (Phi) is 4.96. The van der Waals surface area contributed by atoms with Crippen molar-refractivity contribution in [1.82, 2.24) is 10.3 Å². The zero-order valence-corrected chi connectivity index (χ0v) is 15.2. The summed E-state index contributed by atoms with van der Waals surface area (Å²) < 4.78 is 24.5. The normalized spacial score (nSPS) is 16.9. The molecule has 1 aromatic heterocycles. The molecule has 124 valence electrons. The van der Waals surface area contributed by atoms with Crippen LogP contribution in [0.15, 0.2) is 0 Å². The predicted octanol–water partition coefficient (Wildman–Crippen LogP) is 2.47. The molecule has 0 radical (unpaired) electrons. The van der Waals surface area contributed by atoms with Crippen molar-refractivity contribution in [2.45, 2.75) is 64.2 Å². The van der Waals surface area contributed by atoms with Crippen LogP contribution in [-0.4, -0.2) is 30.3 Å². The van der Waals surface area contributed by atoms with Gasteiger partial charge in [-0.25, -0.2) is 13.4 Å². The van der Waals surface area contributed by atoms with Crippen LogP contribution in [0.5, 0.6) is 0 Å². The molecule has 7 heteroatoms. The molecule has 1 fully saturated rings. The molecule has 0 aromatic carbocycles. The molecular weight excluding hydrogens is 320 g/mol. The maximum absolute atomic E-state index is 12.2. The lowest BCUT2D eigenvalue weighted by atomic mass is 10.1. The Balaban J connectivity index is 2.04. The number of rotatable bonds is 5. The van der Waals surface area contributed by atoms with Gasteiger partial charge in [-0.05, 0) is 40.5 Å². The molecule has 0 aliphatic heterocycles. The summed E-state index contributed by atoms with van der Waals surface area (Å²) >= 11 is 1.53. The van der Waals surface area contributed by atoms with Crippen molar-refractivity contribution in [1.29, 1.82) is 0 Å². The molecule has 0 unspecified atom stereocenters. The van der Waals surface area contributed by atoms with E-state index in [1.807, 2.05) is 27.7 Å². The Labute approximate surface area is 136 Å². The van der Waals surface area contributed by atoms with Gasteiger partial charge < -0.3 is 5.32 Å². The standard InChI is InChI=1S/C15H24N2O3S2/c1-10-11(2)21-14(16-10)15(3,4)17-13(18)9-22(19,20)12-7-5-6-8-12/h12H,5-9H2,1-4H3,(H,17,18). The Morgan fingerprint density at radius 3 is 2.41 bits per heavy atom. The summed E-state index contributed by atoms with van der Waals surface area (Å²) in [6, 6.07) is 0. The average Bonchev–Trinajstić information content (AvgIpc) is 2.99. The van der Waals surface area contributed by atoms with Gasteiger partial charge in [-0.3, -0.25) is 4.79 Å². The molecule has 1 heterocycles. The topological polar surface area (TPSA) is 76.1 Å². The van der Waals surface area contributed by atoms with Crippen LogP contribution in [0.25, 0.3) is 0 Å².